The first-order chi connectivity index (χ1) is 12.2. The predicted molar refractivity (Wildman–Crippen MR) is 99.5 cm³/mol. The number of aromatic nitrogens is 2. The second kappa shape index (κ2) is 6.53. The van der Waals surface area contributed by atoms with E-state index in [1.54, 1.807) is 0 Å². The number of nitrogens with one attached hydrogen (secondary N) is 1. The number of imidazole rings is 1. The monoisotopic (exact) mass is 332 g/mol. The van der Waals surface area contributed by atoms with Crippen molar-refractivity contribution in [2.24, 2.45) is 7.05 Å². The SMILES string of the molecule is Cn1c(NC(=O)c2cccc(CN3CC=CC3)c2)nc2ccccc21. The van der Waals surface area contributed by atoms with Crippen molar-refractivity contribution in [2.75, 3.05) is 18.4 Å². The van der Waals surface area contributed by atoms with Crippen LogP contribution in [0.3, 0.4) is 0 Å². The van der Waals surface area contributed by atoms with Crippen LogP contribution in [0.2, 0.25) is 0 Å². The van der Waals surface area contributed by atoms with Crippen molar-refractivity contribution in [2.45, 2.75) is 6.54 Å². The molecule has 0 saturated carbocycles. The third-order valence-corrected chi connectivity index (χ3v) is 4.50. The van der Waals surface area contributed by atoms with Crippen molar-refractivity contribution < 1.29 is 4.79 Å². The van der Waals surface area contributed by atoms with Gasteiger partial charge in [-0.15, -0.1) is 0 Å². The number of aryl methyl sites for hydroxylation is 1. The second-order valence-corrected chi connectivity index (χ2v) is 6.30. The zero-order valence-electron chi connectivity index (χ0n) is 14.1. The van der Waals surface area contributed by atoms with Gasteiger partial charge in [0.15, 0.2) is 0 Å². The fourth-order valence-electron chi connectivity index (χ4n) is 3.15. The number of carbonyl (C=O) groups excluding carboxylic acids is 1. The Morgan fingerprint density at radius 3 is 2.72 bits per heavy atom. The number of rotatable bonds is 4. The first-order valence-corrected chi connectivity index (χ1v) is 8.40. The molecular weight excluding hydrogens is 312 g/mol. The third-order valence-electron chi connectivity index (χ3n) is 4.50. The Hall–Kier alpha value is -2.92. The highest BCUT2D eigenvalue weighted by atomic mass is 16.1. The number of fused-ring (bicyclic) bond motifs is 1. The first kappa shape index (κ1) is 15.6. The van der Waals surface area contributed by atoms with E-state index in [4.69, 9.17) is 0 Å². The molecule has 1 aliphatic heterocycles. The standard InChI is InChI=1S/C20H20N4O/c1-23-18-10-3-2-9-17(18)21-20(23)22-19(25)16-8-6-7-15(13-16)14-24-11-4-5-12-24/h2-10,13H,11-12,14H2,1H3,(H,21,22,25). The molecule has 2 heterocycles. The van der Waals surface area contributed by atoms with Crippen molar-refractivity contribution in [3.63, 3.8) is 0 Å². The average molecular weight is 332 g/mol. The molecule has 0 saturated heterocycles. The van der Waals surface area contributed by atoms with Gasteiger partial charge in [-0.3, -0.25) is 15.0 Å². The molecule has 1 N–H and O–H groups in total. The summed E-state index contributed by atoms with van der Waals surface area (Å²) in [4.78, 5) is 19.5. The minimum atomic E-state index is -0.139. The third kappa shape index (κ3) is 3.19. The van der Waals surface area contributed by atoms with Gasteiger partial charge in [-0.1, -0.05) is 36.4 Å². The molecule has 0 aliphatic carbocycles. The zero-order valence-corrected chi connectivity index (χ0v) is 14.1. The Labute approximate surface area is 146 Å². The topological polar surface area (TPSA) is 50.2 Å². The molecule has 5 nitrogen and oxygen atoms in total. The molecule has 0 bridgehead atoms. The Balaban J connectivity index is 1.53. The van der Waals surface area contributed by atoms with Crippen LogP contribution in [0.4, 0.5) is 5.95 Å². The van der Waals surface area contributed by atoms with Crippen molar-refractivity contribution >= 4 is 22.9 Å². The van der Waals surface area contributed by atoms with Gasteiger partial charge in [0.05, 0.1) is 11.0 Å². The largest absolute Gasteiger partial charge is 0.313 e. The van der Waals surface area contributed by atoms with Gasteiger partial charge >= 0.3 is 0 Å². The number of para-hydroxylation sites is 2. The lowest BCUT2D eigenvalue weighted by atomic mass is 10.1. The lowest BCUT2D eigenvalue weighted by Gasteiger charge is -2.15. The van der Waals surface area contributed by atoms with E-state index < -0.39 is 0 Å². The molecule has 5 heteroatoms. The molecule has 1 amide bonds. The Bertz CT molecular complexity index is 949. The molecule has 3 aromatic rings. The van der Waals surface area contributed by atoms with Crippen molar-refractivity contribution in [3.8, 4) is 0 Å². The Morgan fingerprint density at radius 1 is 1.12 bits per heavy atom. The lowest BCUT2D eigenvalue weighted by Crippen LogP contribution is -2.20. The predicted octanol–water partition coefficient (Wildman–Crippen LogP) is 3.20. The van der Waals surface area contributed by atoms with Crippen molar-refractivity contribution in [3.05, 3.63) is 71.8 Å². The van der Waals surface area contributed by atoms with Gasteiger partial charge in [-0.25, -0.2) is 4.98 Å². The molecule has 0 radical (unpaired) electrons. The first-order valence-electron chi connectivity index (χ1n) is 8.40. The highest BCUT2D eigenvalue weighted by molar-refractivity contribution is 6.04. The summed E-state index contributed by atoms with van der Waals surface area (Å²) in [5.41, 5.74) is 3.65. The van der Waals surface area contributed by atoms with E-state index in [1.807, 2.05) is 54.1 Å². The molecule has 2 aromatic carbocycles. The number of hydrogen-bond donors (Lipinski definition) is 1. The Kier molecular flexibility index (Phi) is 4.07. The number of nitrogens with zero attached hydrogens (tertiary/aromatic N) is 3. The summed E-state index contributed by atoms with van der Waals surface area (Å²) in [7, 11) is 1.90. The molecule has 126 valence electrons. The van der Waals surface area contributed by atoms with Gasteiger partial charge in [0, 0.05) is 32.2 Å². The molecular formula is C20H20N4O. The molecule has 25 heavy (non-hydrogen) atoms. The van der Waals surface area contributed by atoms with Gasteiger partial charge < -0.3 is 4.57 Å². The van der Waals surface area contributed by atoms with E-state index in [2.05, 4.69) is 33.4 Å². The maximum Gasteiger partial charge on any atom is 0.257 e. The molecule has 0 unspecified atom stereocenters. The van der Waals surface area contributed by atoms with E-state index in [0.717, 1.165) is 36.2 Å². The van der Waals surface area contributed by atoms with Crippen molar-refractivity contribution in [1.82, 2.24) is 14.5 Å². The van der Waals surface area contributed by atoms with E-state index in [1.165, 1.54) is 0 Å². The number of carbonyl (C=O) groups is 1. The maximum atomic E-state index is 12.6. The highest BCUT2D eigenvalue weighted by Gasteiger charge is 2.13. The zero-order chi connectivity index (χ0) is 17.2. The van der Waals surface area contributed by atoms with Crippen LogP contribution in [0.25, 0.3) is 11.0 Å². The minimum absolute atomic E-state index is 0.139. The molecule has 0 atom stereocenters. The average Bonchev–Trinajstić information content (AvgIpc) is 3.24. The number of amides is 1. The summed E-state index contributed by atoms with van der Waals surface area (Å²) >= 11 is 0. The van der Waals surface area contributed by atoms with Crippen LogP contribution in [-0.2, 0) is 13.6 Å². The maximum absolute atomic E-state index is 12.6. The fourth-order valence-corrected chi connectivity index (χ4v) is 3.15. The van der Waals surface area contributed by atoms with Crippen molar-refractivity contribution in [1.29, 1.82) is 0 Å². The van der Waals surface area contributed by atoms with Crippen LogP contribution in [0.1, 0.15) is 15.9 Å². The van der Waals surface area contributed by atoms with Gasteiger partial charge in [0.1, 0.15) is 0 Å². The minimum Gasteiger partial charge on any atom is -0.313 e. The van der Waals surface area contributed by atoms with Crippen LogP contribution in [0.15, 0.2) is 60.7 Å². The summed E-state index contributed by atoms with van der Waals surface area (Å²) in [6.07, 6.45) is 4.34. The molecule has 0 fully saturated rings. The lowest BCUT2D eigenvalue weighted by molar-refractivity contribution is 0.102. The summed E-state index contributed by atoms with van der Waals surface area (Å²) in [5, 5.41) is 2.92. The smallest absolute Gasteiger partial charge is 0.257 e. The van der Waals surface area contributed by atoms with E-state index in [9.17, 15) is 4.79 Å². The van der Waals surface area contributed by atoms with E-state index in [-0.39, 0.29) is 5.91 Å². The molecule has 1 aliphatic rings. The van der Waals surface area contributed by atoms with Gasteiger partial charge in [0.2, 0.25) is 5.95 Å². The quantitative estimate of drug-likeness (QED) is 0.747. The summed E-state index contributed by atoms with van der Waals surface area (Å²) in [6, 6.07) is 15.6. The number of benzene rings is 2. The summed E-state index contributed by atoms with van der Waals surface area (Å²) < 4.78 is 1.90. The van der Waals surface area contributed by atoms with Crippen LogP contribution in [0.5, 0.6) is 0 Å². The second-order valence-electron chi connectivity index (χ2n) is 6.30. The number of hydrogen-bond acceptors (Lipinski definition) is 3. The Morgan fingerprint density at radius 2 is 1.92 bits per heavy atom. The molecule has 4 rings (SSSR count). The van der Waals surface area contributed by atoms with Gasteiger partial charge in [-0.05, 0) is 29.8 Å². The summed E-state index contributed by atoms with van der Waals surface area (Å²) in [6.45, 7) is 2.78. The van der Waals surface area contributed by atoms with Crippen LogP contribution in [-0.4, -0.2) is 33.4 Å². The van der Waals surface area contributed by atoms with Crippen LogP contribution >= 0.6 is 0 Å². The molecule has 1 aromatic heterocycles. The highest BCUT2D eigenvalue weighted by Crippen LogP contribution is 2.18. The molecule has 0 spiro atoms. The fraction of sp³-hybridized carbons (Fsp3) is 0.200. The summed E-state index contributed by atoms with van der Waals surface area (Å²) in [5.74, 6) is 0.417. The van der Waals surface area contributed by atoms with E-state index >= 15 is 0 Å². The number of anilines is 1. The van der Waals surface area contributed by atoms with Crippen LogP contribution < -0.4 is 5.32 Å². The van der Waals surface area contributed by atoms with Crippen LogP contribution in [0, 0.1) is 0 Å². The van der Waals surface area contributed by atoms with Gasteiger partial charge in [-0.2, -0.15) is 0 Å². The van der Waals surface area contributed by atoms with Gasteiger partial charge in [0.25, 0.3) is 5.91 Å². The van der Waals surface area contributed by atoms with E-state index in [0.29, 0.717) is 11.5 Å². The normalized spacial score (nSPS) is 14.3.